The number of aryl methyl sites for hydroxylation is 1. The molecule has 0 radical (unpaired) electrons. The molecular weight excluding hydrogens is 442 g/mol. The molecule has 0 unspecified atom stereocenters. The van der Waals surface area contributed by atoms with Gasteiger partial charge in [-0.25, -0.2) is 4.79 Å². The minimum Gasteiger partial charge on any atom is -0.466 e. The fourth-order valence-electron chi connectivity index (χ4n) is 3.99. The van der Waals surface area contributed by atoms with E-state index in [1.807, 2.05) is 52.0 Å². The van der Waals surface area contributed by atoms with Crippen molar-refractivity contribution in [1.82, 2.24) is 10.3 Å². The second-order valence-electron chi connectivity index (χ2n) is 10.1. The predicted molar refractivity (Wildman–Crippen MR) is 139 cm³/mol. The van der Waals surface area contributed by atoms with Crippen LogP contribution in [-0.2, 0) is 40.2 Å². The molecule has 0 atom stereocenters. The van der Waals surface area contributed by atoms with Crippen molar-refractivity contribution < 1.29 is 19.1 Å². The van der Waals surface area contributed by atoms with Crippen molar-refractivity contribution in [1.29, 1.82) is 0 Å². The lowest BCUT2D eigenvalue weighted by molar-refractivity contribution is -0.143. The van der Waals surface area contributed by atoms with E-state index in [2.05, 4.69) is 19.2 Å². The lowest BCUT2D eigenvalue weighted by Gasteiger charge is -2.23. The summed E-state index contributed by atoms with van der Waals surface area (Å²) in [7, 11) is 0. The Bertz CT molecular complexity index is 1010. The van der Waals surface area contributed by atoms with E-state index in [0.29, 0.717) is 25.5 Å². The van der Waals surface area contributed by atoms with Crippen molar-refractivity contribution in [3.05, 3.63) is 52.3 Å². The van der Waals surface area contributed by atoms with Gasteiger partial charge in [0.15, 0.2) is 0 Å². The second kappa shape index (κ2) is 12.7. The Kier molecular flexibility index (Phi) is 10.3. The van der Waals surface area contributed by atoms with Crippen molar-refractivity contribution in [2.75, 3.05) is 6.61 Å². The molecule has 0 aliphatic heterocycles. The minimum atomic E-state index is -0.595. The predicted octanol–water partition coefficient (Wildman–Crippen LogP) is 5.23. The highest BCUT2D eigenvalue weighted by Gasteiger charge is 2.22. The molecule has 7 heteroatoms. The summed E-state index contributed by atoms with van der Waals surface area (Å²) in [6.45, 7) is 14.7. The molecule has 1 aromatic heterocycles. The van der Waals surface area contributed by atoms with Crippen LogP contribution in [0.2, 0.25) is 0 Å². The zero-order chi connectivity index (χ0) is 26.2. The van der Waals surface area contributed by atoms with Crippen molar-refractivity contribution in [3.63, 3.8) is 0 Å². The summed E-state index contributed by atoms with van der Waals surface area (Å²) in [5, 5.41) is 2.92. The van der Waals surface area contributed by atoms with Crippen LogP contribution in [0.4, 0.5) is 4.79 Å². The summed E-state index contributed by atoms with van der Waals surface area (Å²) in [5.74, 6) is 0.135. The van der Waals surface area contributed by atoms with Gasteiger partial charge in [-0.15, -0.1) is 0 Å². The number of rotatable bonds is 10. The van der Waals surface area contributed by atoms with E-state index in [9.17, 15) is 9.59 Å². The van der Waals surface area contributed by atoms with E-state index in [0.717, 1.165) is 45.6 Å². The molecule has 0 saturated carbocycles. The van der Waals surface area contributed by atoms with Crippen LogP contribution in [0.1, 0.15) is 76.0 Å². The zero-order valence-corrected chi connectivity index (χ0v) is 22.3. The van der Waals surface area contributed by atoms with Crippen molar-refractivity contribution in [2.45, 2.75) is 86.4 Å². The number of pyridine rings is 1. The van der Waals surface area contributed by atoms with Crippen LogP contribution in [0.3, 0.4) is 0 Å². The maximum absolute atomic E-state index is 12.5. The molecule has 0 fully saturated rings. The zero-order valence-electron chi connectivity index (χ0n) is 22.3. The van der Waals surface area contributed by atoms with Crippen molar-refractivity contribution >= 4 is 12.1 Å². The first-order valence-corrected chi connectivity index (χ1v) is 12.4. The van der Waals surface area contributed by atoms with Gasteiger partial charge in [0, 0.05) is 36.5 Å². The highest BCUT2D eigenvalue weighted by atomic mass is 16.6. The number of amides is 1. The highest BCUT2D eigenvalue weighted by molar-refractivity contribution is 5.76. The number of benzene rings is 1. The SMILES string of the molecule is CCOC(=O)CCc1c(C)nc(CC(C)C)c(CNC(=O)OC(C)(C)C)c1-c1ccc(CN)cc1. The van der Waals surface area contributed by atoms with Crippen molar-refractivity contribution in [2.24, 2.45) is 11.7 Å². The van der Waals surface area contributed by atoms with Crippen LogP contribution >= 0.6 is 0 Å². The molecular formula is C28H41N3O4. The summed E-state index contributed by atoms with van der Waals surface area (Å²) < 4.78 is 10.6. The molecule has 192 valence electrons. The number of nitrogens with two attached hydrogens (primary N) is 1. The Morgan fingerprint density at radius 3 is 2.31 bits per heavy atom. The smallest absolute Gasteiger partial charge is 0.407 e. The molecule has 0 aliphatic carbocycles. The molecule has 1 aromatic carbocycles. The van der Waals surface area contributed by atoms with Crippen LogP contribution in [0.15, 0.2) is 24.3 Å². The van der Waals surface area contributed by atoms with Gasteiger partial charge in [0.1, 0.15) is 5.60 Å². The van der Waals surface area contributed by atoms with Crippen LogP contribution < -0.4 is 11.1 Å². The topological polar surface area (TPSA) is 104 Å². The Balaban J connectivity index is 2.62. The monoisotopic (exact) mass is 483 g/mol. The third kappa shape index (κ3) is 8.66. The molecule has 0 spiro atoms. The van der Waals surface area contributed by atoms with Gasteiger partial charge >= 0.3 is 12.1 Å². The first-order valence-electron chi connectivity index (χ1n) is 12.4. The number of hydrogen-bond acceptors (Lipinski definition) is 6. The van der Waals surface area contributed by atoms with Crippen LogP contribution in [0.25, 0.3) is 11.1 Å². The van der Waals surface area contributed by atoms with E-state index < -0.39 is 11.7 Å². The number of hydrogen-bond donors (Lipinski definition) is 2. The largest absolute Gasteiger partial charge is 0.466 e. The van der Waals surface area contributed by atoms with Gasteiger partial charge in [0.05, 0.1) is 6.61 Å². The molecule has 1 heterocycles. The lowest BCUT2D eigenvalue weighted by Crippen LogP contribution is -2.32. The molecule has 2 rings (SSSR count). The quantitative estimate of drug-likeness (QED) is 0.448. The second-order valence-corrected chi connectivity index (χ2v) is 10.1. The van der Waals surface area contributed by atoms with Gasteiger partial charge in [0.25, 0.3) is 0 Å². The van der Waals surface area contributed by atoms with Gasteiger partial charge in [-0.3, -0.25) is 9.78 Å². The van der Waals surface area contributed by atoms with Crippen LogP contribution in [-0.4, -0.2) is 29.3 Å². The van der Waals surface area contributed by atoms with E-state index in [1.54, 1.807) is 6.92 Å². The van der Waals surface area contributed by atoms with E-state index in [-0.39, 0.29) is 18.9 Å². The van der Waals surface area contributed by atoms with E-state index in [4.69, 9.17) is 20.2 Å². The summed E-state index contributed by atoms with van der Waals surface area (Å²) >= 11 is 0. The third-order valence-corrected chi connectivity index (χ3v) is 5.46. The van der Waals surface area contributed by atoms with Crippen molar-refractivity contribution in [3.8, 4) is 11.1 Å². The molecule has 3 N–H and O–H groups in total. The number of alkyl carbamates (subject to hydrolysis) is 1. The van der Waals surface area contributed by atoms with Gasteiger partial charge in [0.2, 0.25) is 0 Å². The number of carbonyl (C=O) groups excluding carboxylic acids is 2. The summed E-state index contributed by atoms with van der Waals surface area (Å²) in [6.07, 6.45) is 1.03. The first kappa shape index (κ1) is 28.3. The standard InChI is InChI=1S/C28H41N3O4/c1-8-34-25(32)14-13-22-19(4)31-24(15-18(2)3)23(17-30-27(33)35-28(5,6)7)26(22)21-11-9-20(16-29)10-12-21/h9-12,18H,8,13-17,29H2,1-7H3,(H,30,33). The minimum absolute atomic E-state index is 0.240. The van der Waals surface area contributed by atoms with Gasteiger partial charge < -0.3 is 20.5 Å². The Morgan fingerprint density at radius 1 is 1.11 bits per heavy atom. The average Bonchev–Trinajstić information content (AvgIpc) is 2.76. The Hall–Kier alpha value is -2.93. The number of esters is 1. The Morgan fingerprint density at radius 2 is 1.77 bits per heavy atom. The lowest BCUT2D eigenvalue weighted by atomic mass is 9.88. The van der Waals surface area contributed by atoms with Crippen LogP contribution in [0, 0.1) is 12.8 Å². The molecule has 7 nitrogen and oxygen atoms in total. The number of ether oxygens (including phenoxy) is 2. The summed E-state index contributed by atoms with van der Waals surface area (Å²) in [5.41, 5.74) is 12.0. The molecule has 2 aromatic rings. The molecule has 0 aliphatic rings. The Labute approximate surface area is 209 Å². The van der Waals surface area contributed by atoms with E-state index >= 15 is 0 Å². The summed E-state index contributed by atoms with van der Waals surface area (Å²) in [4.78, 5) is 29.6. The number of aromatic nitrogens is 1. The number of nitrogens with zero attached hydrogens (tertiary/aromatic N) is 1. The highest BCUT2D eigenvalue weighted by Crippen LogP contribution is 2.34. The maximum atomic E-state index is 12.5. The van der Waals surface area contributed by atoms with Gasteiger partial charge in [-0.2, -0.15) is 0 Å². The third-order valence-electron chi connectivity index (χ3n) is 5.46. The van der Waals surface area contributed by atoms with Gasteiger partial charge in [-0.05, 0) is 75.6 Å². The van der Waals surface area contributed by atoms with Crippen LogP contribution in [0.5, 0.6) is 0 Å². The molecule has 0 bridgehead atoms. The fraction of sp³-hybridized carbons (Fsp3) is 0.536. The number of carbonyl (C=O) groups is 2. The normalized spacial score (nSPS) is 11.5. The molecule has 1 amide bonds. The average molecular weight is 484 g/mol. The maximum Gasteiger partial charge on any atom is 0.407 e. The number of nitrogens with one attached hydrogen (secondary N) is 1. The summed E-state index contributed by atoms with van der Waals surface area (Å²) in [6, 6.07) is 8.10. The fourth-order valence-corrected chi connectivity index (χ4v) is 3.99. The van der Waals surface area contributed by atoms with E-state index in [1.165, 1.54) is 0 Å². The first-order chi connectivity index (χ1) is 16.4. The molecule has 0 saturated heterocycles. The van der Waals surface area contributed by atoms with Gasteiger partial charge in [-0.1, -0.05) is 38.1 Å². The molecule has 35 heavy (non-hydrogen) atoms.